The molecule has 9 heteroatoms. The van der Waals surface area contributed by atoms with Gasteiger partial charge in [0.15, 0.2) is 0 Å². The molecule has 2 aromatic rings. The molecule has 1 aromatic carbocycles. The molecule has 3 rings (SSSR count). The number of ether oxygens (including phenoxy) is 1. The summed E-state index contributed by atoms with van der Waals surface area (Å²) < 4.78 is 22.4. The smallest absolute Gasteiger partial charge is 0.233 e. The first-order valence-corrected chi connectivity index (χ1v) is 17.0. The topological polar surface area (TPSA) is 110 Å². The van der Waals surface area contributed by atoms with Gasteiger partial charge < -0.3 is 21.1 Å². The number of pyridine rings is 1. The molecular formula is C36H51N5O3S. The summed E-state index contributed by atoms with van der Waals surface area (Å²) in [6.45, 7) is 14.3. The van der Waals surface area contributed by atoms with E-state index in [0.29, 0.717) is 17.9 Å². The lowest BCUT2D eigenvalue weighted by Gasteiger charge is -2.34. The van der Waals surface area contributed by atoms with Crippen LogP contribution in [0.4, 0.5) is 5.69 Å². The van der Waals surface area contributed by atoms with Crippen molar-refractivity contribution in [1.82, 2.24) is 14.6 Å². The highest BCUT2D eigenvalue weighted by atomic mass is 32.2. The molecule has 0 radical (unpaired) electrons. The van der Waals surface area contributed by atoms with Gasteiger partial charge in [0.2, 0.25) is 5.91 Å². The van der Waals surface area contributed by atoms with E-state index in [1.165, 1.54) is 0 Å². The van der Waals surface area contributed by atoms with E-state index in [1.54, 1.807) is 24.7 Å². The largest absolute Gasteiger partial charge is 0.399 e. The van der Waals surface area contributed by atoms with Crippen LogP contribution < -0.4 is 16.4 Å². The molecule has 4 N–H and O–H groups in total. The molecule has 0 bridgehead atoms. The Hall–Kier alpha value is -3.53. The SMILES string of the molecule is CC/C=C/C=C\C1=C(C)CCCN(Cc2cc(C(OC/C(N)=C/NCCC)C(C)(C)C(=O)Nc3cccnc3)ccc2C)S1=O. The molecule has 1 aromatic heterocycles. The molecule has 1 aliphatic heterocycles. The van der Waals surface area contributed by atoms with Gasteiger partial charge in [0.05, 0.1) is 40.6 Å². The fourth-order valence-electron chi connectivity index (χ4n) is 5.06. The number of nitrogens with one attached hydrogen (secondary N) is 2. The van der Waals surface area contributed by atoms with Crippen LogP contribution in [0.25, 0.3) is 0 Å². The summed E-state index contributed by atoms with van der Waals surface area (Å²) in [5.41, 5.74) is 10.6. The first-order valence-electron chi connectivity index (χ1n) is 15.9. The zero-order valence-corrected chi connectivity index (χ0v) is 28.6. The fourth-order valence-corrected chi connectivity index (χ4v) is 6.49. The summed E-state index contributed by atoms with van der Waals surface area (Å²) in [6.07, 6.45) is 16.3. The molecule has 244 valence electrons. The van der Waals surface area contributed by atoms with Crippen LogP contribution in [0.5, 0.6) is 0 Å². The Morgan fingerprint density at radius 1 is 1.22 bits per heavy atom. The Morgan fingerprint density at radius 3 is 2.73 bits per heavy atom. The van der Waals surface area contributed by atoms with Gasteiger partial charge in [-0.3, -0.25) is 9.78 Å². The molecule has 0 aliphatic carbocycles. The molecule has 0 fully saturated rings. The first-order chi connectivity index (χ1) is 21.6. The third-order valence-electron chi connectivity index (χ3n) is 7.81. The van der Waals surface area contributed by atoms with Gasteiger partial charge in [-0.2, -0.15) is 0 Å². The number of benzene rings is 1. The van der Waals surface area contributed by atoms with Crippen molar-refractivity contribution in [3.8, 4) is 0 Å². The van der Waals surface area contributed by atoms with Gasteiger partial charge in [-0.05, 0) is 88.3 Å². The second-order valence-corrected chi connectivity index (χ2v) is 13.5. The third kappa shape index (κ3) is 10.5. The Morgan fingerprint density at radius 2 is 2.02 bits per heavy atom. The molecule has 8 nitrogen and oxygen atoms in total. The number of hydrogen-bond acceptors (Lipinski definition) is 6. The third-order valence-corrected chi connectivity index (χ3v) is 9.46. The number of aromatic nitrogens is 1. The maximum Gasteiger partial charge on any atom is 0.233 e. The number of amides is 1. The Bertz CT molecular complexity index is 1420. The Labute approximate surface area is 272 Å². The van der Waals surface area contributed by atoms with Crippen LogP contribution in [0.3, 0.4) is 0 Å². The molecule has 0 spiro atoms. The lowest BCUT2D eigenvalue weighted by molar-refractivity contribution is -0.133. The van der Waals surface area contributed by atoms with E-state index >= 15 is 0 Å². The second kappa shape index (κ2) is 17.8. The van der Waals surface area contributed by atoms with Crippen molar-refractivity contribution in [1.29, 1.82) is 0 Å². The monoisotopic (exact) mass is 633 g/mol. The van der Waals surface area contributed by atoms with Gasteiger partial charge in [-0.15, -0.1) is 0 Å². The van der Waals surface area contributed by atoms with Crippen LogP contribution in [0, 0.1) is 12.3 Å². The van der Waals surface area contributed by atoms with Crippen LogP contribution in [-0.2, 0) is 27.1 Å². The quantitative estimate of drug-likeness (QED) is 0.144. The van der Waals surface area contributed by atoms with Crippen molar-refractivity contribution in [3.63, 3.8) is 0 Å². The number of aryl methyl sites for hydroxylation is 1. The molecule has 1 amide bonds. The van der Waals surface area contributed by atoms with Crippen molar-refractivity contribution in [2.75, 3.05) is 25.0 Å². The van der Waals surface area contributed by atoms with Crippen molar-refractivity contribution >= 4 is 22.6 Å². The predicted octanol–water partition coefficient (Wildman–Crippen LogP) is 6.97. The van der Waals surface area contributed by atoms with E-state index in [1.807, 2.05) is 48.5 Å². The lowest BCUT2D eigenvalue weighted by Crippen LogP contribution is -2.38. The van der Waals surface area contributed by atoms with Crippen molar-refractivity contribution < 1.29 is 13.7 Å². The van der Waals surface area contributed by atoms with E-state index in [-0.39, 0.29) is 12.5 Å². The number of rotatable bonds is 15. The minimum absolute atomic E-state index is 0.149. The fraction of sp³-hybridized carbons (Fsp3) is 0.444. The molecular weight excluding hydrogens is 582 g/mol. The summed E-state index contributed by atoms with van der Waals surface area (Å²) in [5, 5.41) is 6.19. The number of hydrogen-bond donors (Lipinski definition) is 3. The number of carbonyl (C=O) groups is 1. The van der Waals surface area contributed by atoms with Crippen LogP contribution in [0.2, 0.25) is 0 Å². The zero-order valence-electron chi connectivity index (χ0n) is 27.8. The average Bonchev–Trinajstić information content (AvgIpc) is 3.14. The number of carbonyl (C=O) groups excluding carboxylic acids is 1. The maximum absolute atomic E-state index is 13.9. The highest BCUT2D eigenvalue weighted by Crippen LogP contribution is 2.39. The minimum Gasteiger partial charge on any atom is -0.399 e. The van der Waals surface area contributed by atoms with E-state index in [2.05, 4.69) is 61.5 Å². The zero-order chi connectivity index (χ0) is 32.8. The van der Waals surface area contributed by atoms with Crippen molar-refractivity contribution in [3.05, 3.63) is 106 Å². The summed E-state index contributed by atoms with van der Waals surface area (Å²) in [5.74, 6) is -0.197. The maximum atomic E-state index is 13.9. The average molecular weight is 634 g/mol. The molecule has 2 unspecified atom stereocenters. The van der Waals surface area contributed by atoms with E-state index < -0.39 is 22.5 Å². The number of allylic oxidation sites excluding steroid dienone is 5. The summed E-state index contributed by atoms with van der Waals surface area (Å²) >= 11 is 0. The van der Waals surface area contributed by atoms with E-state index in [9.17, 15) is 9.00 Å². The van der Waals surface area contributed by atoms with E-state index in [0.717, 1.165) is 65.9 Å². The second-order valence-electron chi connectivity index (χ2n) is 12.0. The molecule has 0 saturated heterocycles. The van der Waals surface area contributed by atoms with E-state index in [4.69, 9.17) is 10.5 Å². The van der Waals surface area contributed by atoms with Crippen molar-refractivity contribution in [2.24, 2.45) is 11.1 Å². The van der Waals surface area contributed by atoms with Gasteiger partial charge in [-0.25, -0.2) is 8.51 Å². The number of nitrogens with two attached hydrogens (primary N) is 1. The summed E-state index contributed by atoms with van der Waals surface area (Å²) in [7, 11) is -1.30. The standard InChI is InChI=1S/C36H51N5O3S/c1-7-9-10-11-16-33-28(4)14-13-21-41(45(33)43)25-30-22-29(18-17-27(30)3)34(44-26-31(37)23-38-19-8-2)36(5,6)35(42)40-32-15-12-20-39-24-32/h9-12,15-18,20,22-24,34,38H,7-8,13-14,19,21,25-26,37H2,1-6H3,(H,40,42)/b10-9+,16-11-,31-23-. The van der Waals surface area contributed by atoms with Crippen LogP contribution >= 0.6 is 0 Å². The van der Waals surface area contributed by atoms with Crippen molar-refractivity contribution in [2.45, 2.75) is 79.9 Å². The summed E-state index contributed by atoms with van der Waals surface area (Å²) in [6, 6.07) is 9.74. The molecule has 0 saturated carbocycles. The highest BCUT2D eigenvalue weighted by Gasteiger charge is 2.39. The number of anilines is 1. The number of nitrogens with zero attached hydrogens (tertiary/aromatic N) is 2. The van der Waals surface area contributed by atoms with Gasteiger partial charge in [0.25, 0.3) is 0 Å². The lowest BCUT2D eigenvalue weighted by atomic mass is 9.80. The molecule has 2 heterocycles. The summed E-state index contributed by atoms with van der Waals surface area (Å²) in [4.78, 5) is 18.7. The van der Waals surface area contributed by atoms with Gasteiger partial charge in [0, 0.05) is 32.0 Å². The van der Waals surface area contributed by atoms with Gasteiger partial charge in [-0.1, -0.05) is 55.8 Å². The van der Waals surface area contributed by atoms with Crippen LogP contribution in [0.15, 0.2) is 89.4 Å². The van der Waals surface area contributed by atoms with Gasteiger partial charge in [0.1, 0.15) is 11.0 Å². The van der Waals surface area contributed by atoms with Gasteiger partial charge >= 0.3 is 0 Å². The molecule has 45 heavy (non-hydrogen) atoms. The normalized spacial score (nSPS) is 17.6. The Balaban J connectivity index is 1.93. The Kier molecular flexibility index (Phi) is 14.2. The molecule has 2 atom stereocenters. The first kappa shape index (κ1) is 35.9. The molecule has 1 aliphatic rings. The van der Waals surface area contributed by atoms with Crippen LogP contribution in [-0.4, -0.2) is 39.1 Å². The highest BCUT2D eigenvalue weighted by molar-refractivity contribution is 7.86. The predicted molar refractivity (Wildman–Crippen MR) is 186 cm³/mol. The minimum atomic E-state index is -1.30. The van der Waals surface area contributed by atoms with Crippen LogP contribution in [0.1, 0.15) is 83.1 Å².